The van der Waals surface area contributed by atoms with E-state index in [9.17, 15) is 4.79 Å². The summed E-state index contributed by atoms with van der Waals surface area (Å²) in [4.78, 5) is 14.7. The van der Waals surface area contributed by atoms with Crippen LogP contribution in [0.25, 0.3) is 0 Å². The first-order valence-electron chi connectivity index (χ1n) is 8.66. The molecule has 2 aromatic rings. The second kappa shape index (κ2) is 7.95. The van der Waals surface area contributed by atoms with E-state index in [0.29, 0.717) is 6.42 Å². The number of hydrogen-bond acceptors (Lipinski definition) is 3. The number of rotatable bonds is 5. The maximum absolute atomic E-state index is 10.7. The zero-order valence-electron chi connectivity index (χ0n) is 13.8. The molecule has 1 aliphatic carbocycles. The van der Waals surface area contributed by atoms with Crippen molar-refractivity contribution in [2.75, 3.05) is 0 Å². The number of aryl methyl sites for hydroxylation is 2. The molecule has 24 heavy (non-hydrogen) atoms. The molecule has 1 aromatic carbocycles. The number of benzene rings is 1. The van der Waals surface area contributed by atoms with Crippen molar-refractivity contribution in [2.24, 2.45) is 0 Å². The molecular weight excluding hydrogens is 302 g/mol. The van der Waals surface area contributed by atoms with E-state index in [0.717, 1.165) is 17.9 Å². The van der Waals surface area contributed by atoms with Gasteiger partial charge in [-0.05, 0) is 48.8 Å². The van der Waals surface area contributed by atoms with Crippen molar-refractivity contribution in [3.63, 3.8) is 0 Å². The Morgan fingerprint density at radius 1 is 1.08 bits per heavy atom. The van der Waals surface area contributed by atoms with E-state index in [1.54, 1.807) is 12.3 Å². The molecular formula is C20H23NO3. The summed E-state index contributed by atoms with van der Waals surface area (Å²) in [6.45, 7) is 0. The van der Waals surface area contributed by atoms with Crippen molar-refractivity contribution >= 4 is 6.16 Å². The van der Waals surface area contributed by atoms with Gasteiger partial charge in [-0.2, -0.15) is 0 Å². The maximum Gasteiger partial charge on any atom is 0.512 e. The van der Waals surface area contributed by atoms with Crippen LogP contribution >= 0.6 is 0 Å². The average Bonchev–Trinajstić information content (AvgIpc) is 2.62. The Morgan fingerprint density at radius 2 is 1.83 bits per heavy atom. The Hall–Kier alpha value is -2.36. The van der Waals surface area contributed by atoms with E-state index in [4.69, 9.17) is 9.84 Å². The number of hydrogen-bond donors (Lipinski definition) is 1. The van der Waals surface area contributed by atoms with E-state index >= 15 is 0 Å². The quantitative estimate of drug-likeness (QED) is 0.788. The molecule has 1 N–H and O–H groups in total. The third kappa shape index (κ3) is 4.34. The van der Waals surface area contributed by atoms with Crippen LogP contribution in [0.15, 0.2) is 42.6 Å². The van der Waals surface area contributed by atoms with Crippen LogP contribution in [0.5, 0.6) is 5.88 Å². The lowest BCUT2D eigenvalue weighted by Crippen LogP contribution is -2.07. The first-order valence-corrected chi connectivity index (χ1v) is 8.66. The SMILES string of the molecule is O=C(O)Oc1ncccc1CCc1ccc(C2CCCCC2)cc1. The molecule has 0 aliphatic heterocycles. The van der Waals surface area contributed by atoms with Crippen molar-refractivity contribution in [1.82, 2.24) is 4.98 Å². The lowest BCUT2D eigenvalue weighted by atomic mass is 9.84. The molecule has 0 atom stereocenters. The largest absolute Gasteiger partial charge is 0.512 e. The number of carboxylic acid groups (broad SMARTS) is 1. The summed E-state index contributed by atoms with van der Waals surface area (Å²) < 4.78 is 4.74. The van der Waals surface area contributed by atoms with E-state index in [-0.39, 0.29) is 5.88 Å². The number of pyridine rings is 1. The predicted molar refractivity (Wildman–Crippen MR) is 92.6 cm³/mol. The number of aromatic nitrogens is 1. The minimum absolute atomic E-state index is 0.184. The molecule has 1 aromatic heterocycles. The van der Waals surface area contributed by atoms with Gasteiger partial charge < -0.3 is 9.84 Å². The molecule has 0 amide bonds. The van der Waals surface area contributed by atoms with Crippen LogP contribution in [-0.4, -0.2) is 16.2 Å². The van der Waals surface area contributed by atoms with Gasteiger partial charge in [0.2, 0.25) is 5.88 Å². The lowest BCUT2D eigenvalue weighted by molar-refractivity contribution is 0.142. The highest BCUT2D eigenvalue weighted by Crippen LogP contribution is 2.32. The highest BCUT2D eigenvalue weighted by molar-refractivity contribution is 5.60. The molecule has 3 rings (SSSR count). The molecule has 126 valence electrons. The fraction of sp³-hybridized carbons (Fsp3) is 0.400. The minimum atomic E-state index is -1.33. The summed E-state index contributed by atoms with van der Waals surface area (Å²) in [6, 6.07) is 12.6. The van der Waals surface area contributed by atoms with E-state index in [1.807, 2.05) is 6.07 Å². The highest BCUT2D eigenvalue weighted by atomic mass is 16.7. The Kier molecular flexibility index (Phi) is 5.47. The van der Waals surface area contributed by atoms with Crippen LogP contribution in [0.3, 0.4) is 0 Å². The topological polar surface area (TPSA) is 59.4 Å². The monoisotopic (exact) mass is 325 g/mol. The van der Waals surface area contributed by atoms with Crippen molar-refractivity contribution in [3.05, 3.63) is 59.3 Å². The first-order chi connectivity index (χ1) is 11.7. The van der Waals surface area contributed by atoms with Crippen LogP contribution in [-0.2, 0) is 12.8 Å². The van der Waals surface area contributed by atoms with Gasteiger partial charge in [0, 0.05) is 11.8 Å². The minimum Gasteiger partial charge on any atom is -0.449 e. The zero-order valence-corrected chi connectivity index (χ0v) is 13.8. The van der Waals surface area contributed by atoms with Gasteiger partial charge in [-0.1, -0.05) is 49.6 Å². The summed E-state index contributed by atoms with van der Waals surface area (Å²) in [5.74, 6) is 0.908. The van der Waals surface area contributed by atoms with Gasteiger partial charge in [0.05, 0.1) is 0 Å². The van der Waals surface area contributed by atoms with Gasteiger partial charge >= 0.3 is 6.16 Å². The van der Waals surface area contributed by atoms with E-state index in [2.05, 4.69) is 29.2 Å². The Labute approximate surface area is 142 Å². The van der Waals surface area contributed by atoms with Crippen LogP contribution in [0, 0.1) is 0 Å². The predicted octanol–water partition coefficient (Wildman–Crippen LogP) is 4.97. The normalized spacial score (nSPS) is 15.2. The molecule has 0 saturated heterocycles. The molecule has 1 aliphatic rings. The Bertz CT molecular complexity index is 676. The lowest BCUT2D eigenvalue weighted by Gasteiger charge is -2.22. The van der Waals surface area contributed by atoms with Crippen LogP contribution < -0.4 is 4.74 Å². The molecule has 0 radical (unpaired) electrons. The van der Waals surface area contributed by atoms with E-state index < -0.39 is 6.16 Å². The molecule has 0 bridgehead atoms. The maximum atomic E-state index is 10.7. The molecule has 4 nitrogen and oxygen atoms in total. The van der Waals surface area contributed by atoms with Crippen molar-refractivity contribution in [2.45, 2.75) is 50.9 Å². The van der Waals surface area contributed by atoms with Crippen LogP contribution in [0.4, 0.5) is 4.79 Å². The van der Waals surface area contributed by atoms with E-state index in [1.165, 1.54) is 43.2 Å². The summed E-state index contributed by atoms with van der Waals surface area (Å²) in [6.07, 6.45) is 8.45. The zero-order chi connectivity index (χ0) is 16.8. The molecule has 4 heteroatoms. The molecule has 1 saturated carbocycles. The summed E-state index contributed by atoms with van der Waals surface area (Å²) >= 11 is 0. The van der Waals surface area contributed by atoms with Gasteiger partial charge in [-0.15, -0.1) is 0 Å². The standard InChI is InChI=1S/C20H23NO3/c22-20(23)24-19-18(7-4-14-21-19)13-10-15-8-11-17(12-9-15)16-5-2-1-3-6-16/h4,7-9,11-12,14,16H,1-3,5-6,10,13H2,(H,22,23). The van der Waals surface area contributed by atoms with Crippen LogP contribution in [0.1, 0.15) is 54.7 Å². The van der Waals surface area contributed by atoms with Gasteiger partial charge in [-0.25, -0.2) is 9.78 Å². The third-order valence-corrected chi connectivity index (χ3v) is 4.77. The first kappa shape index (κ1) is 16.5. The fourth-order valence-electron chi connectivity index (χ4n) is 3.46. The molecule has 0 unspecified atom stereocenters. The van der Waals surface area contributed by atoms with Crippen LogP contribution in [0.2, 0.25) is 0 Å². The Morgan fingerprint density at radius 3 is 2.54 bits per heavy atom. The average molecular weight is 325 g/mol. The Balaban J connectivity index is 1.61. The van der Waals surface area contributed by atoms with Gasteiger partial charge in [0.25, 0.3) is 0 Å². The second-order valence-corrected chi connectivity index (χ2v) is 6.41. The van der Waals surface area contributed by atoms with Crippen molar-refractivity contribution in [3.8, 4) is 5.88 Å². The summed E-state index contributed by atoms with van der Waals surface area (Å²) in [5, 5.41) is 8.77. The molecule has 1 heterocycles. The second-order valence-electron chi connectivity index (χ2n) is 6.41. The van der Waals surface area contributed by atoms with Gasteiger partial charge in [0.1, 0.15) is 0 Å². The summed E-state index contributed by atoms with van der Waals surface area (Å²) in [7, 11) is 0. The highest BCUT2D eigenvalue weighted by Gasteiger charge is 2.15. The van der Waals surface area contributed by atoms with Crippen molar-refractivity contribution in [1.29, 1.82) is 0 Å². The van der Waals surface area contributed by atoms with Gasteiger partial charge in [0.15, 0.2) is 0 Å². The summed E-state index contributed by atoms with van der Waals surface area (Å²) in [5.41, 5.74) is 3.52. The van der Waals surface area contributed by atoms with Crippen molar-refractivity contribution < 1.29 is 14.6 Å². The third-order valence-electron chi connectivity index (χ3n) is 4.77. The number of nitrogens with zero attached hydrogens (tertiary/aromatic N) is 1. The molecule has 1 fully saturated rings. The number of carbonyl (C=O) groups is 1. The fourth-order valence-corrected chi connectivity index (χ4v) is 3.46. The molecule has 0 spiro atoms. The van der Waals surface area contributed by atoms with Gasteiger partial charge in [-0.3, -0.25) is 0 Å². The number of ether oxygens (including phenoxy) is 1. The smallest absolute Gasteiger partial charge is 0.449 e.